The molecule has 0 spiro atoms. The van der Waals surface area contributed by atoms with Gasteiger partial charge in [-0.2, -0.15) is 0 Å². The zero-order valence-electron chi connectivity index (χ0n) is 13.6. The third kappa shape index (κ3) is 5.73. The molecule has 0 bridgehead atoms. The van der Waals surface area contributed by atoms with Gasteiger partial charge in [-0.3, -0.25) is 4.21 Å². The average Bonchev–Trinajstić information content (AvgIpc) is 2.46. The molecular weight excluding hydrogens is 338 g/mol. The van der Waals surface area contributed by atoms with Crippen LogP contribution in [0.15, 0.2) is 17.4 Å². The molecular formula is C15H22ClN3O3S. The molecule has 1 amide bonds. The molecule has 6 nitrogen and oxygen atoms in total. The number of nitrogens with zero attached hydrogens (tertiary/aromatic N) is 3. The van der Waals surface area contributed by atoms with Crippen molar-refractivity contribution < 1.29 is 13.7 Å². The van der Waals surface area contributed by atoms with Crippen molar-refractivity contribution in [3.05, 3.63) is 17.5 Å². The van der Waals surface area contributed by atoms with E-state index in [0.717, 1.165) is 12.8 Å². The fraction of sp³-hybridized carbons (Fsp3) is 0.667. The van der Waals surface area contributed by atoms with E-state index in [-0.39, 0.29) is 6.09 Å². The molecule has 1 aromatic heterocycles. The monoisotopic (exact) mass is 359 g/mol. The summed E-state index contributed by atoms with van der Waals surface area (Å²) in [6, 6.07) is 1.54. The van der Waals surface area contributed by atoms with Crippen LogP contribution in [0.3, 0.4) is 0 Å². The SMILES string of the molecule is CC(C)(C)OC(=O)N1CCC(CS(=O)c2cc(Cl)ncn2)CC1. The van der Waals surface area contributed by atoms with Crippen LogP contribution in [-0.2, 0) is 15.5 Å². The van der Waals surface area contributed by atoms with Crippen LogP contribution in [0, 0.1) is 5.92 Å². The third-order valence-electron chi connectivity index (χ3n) is 3.50. The minimum Gasteiger partial charge on any atom is -0.444 e. The number of hydrogen-bond acceptors (Lipinski definition) is 5. The highest BCUT2D eigenvalue weighted by molar-refractivity contribution is 7.84. The minimum absolute atomic E-state index is 0.278. The number of halogens is 1. The van der Waals surface area contributed by atoms with Crippen molar-refractivity contribution in [1.82, 2.24) is 14.9 Å². The maximum Gasteiger partial charge on any atom is 0.410 e. The molecule has 1 fully saturated rings. The number of aromatic nitrogens is 2. The zero-order valence-corrected chi connectivity index (χ0v) is 15.2. The fourth-order valence-electron chi connectivity index (χ4n) is 2.35. The molecule has 1 aromatic rings. The van der Waals surface area contributed by atoms with Gasteiger partial charge in [-0.15, -0.1) is 0 Å². The first-order chi connectivity index (χ1) is 10.7. The summed E-state index contributed by atoms with van der Waals surface area (Å²) in [5, 5.41) is 0.752. The number of piperidine rings is 1. The lowest BCUT2D eigenvalue weighted by atomic mass is 9.99. The van der Waals surface area contributed by atoms with E-state index in [1.807, 2.05) is 20.8 Å². The summed E-state index contributed by atoms with van der Waals surface area (Å²) >= 11 is 5.79. The molecule has 23 heavy (non-hydrogen) atoms. The van der Waals surface area contributed by atoms with Crippen LogP contribution >= 0.6 is 11.6 Å². The molecule has 1 aliphatic rings. The van der Waals surface area contributed by atoms with Gasteiger partial charge in [0.25, 0.3) is 0 Å². The number of hydrogen-bond donors (Lipinski definition) is 0. The van der Waals surface area contributed by atoms with E-state index in [4.69, 9.17) is 16.3 Å². The van der Waals surface area contributed by atoms with Crippen LogP contribution in [0.1, 0.15) is 33.6 Å². The molecule has 0 aliphatic carbocycles. The molecule has 0 aromatic carbocycles. The van der Waals surface area contributed by atoms with E-state index >= 15 is 0 Å². The Labute approximate surface area is 144 Å². The summed E-state index contributed by atoms with van der Waals surface area (Å²) in [5.41, 5.74) is -0.484. The summed E-state index contributed by atoms with van der Waals surface area (Å²) in [4.78, 5) is 21.5. The van der Waals surface area contributed by atoms with Crippen LogP contribution in [0.25, 0.3) is 0 Å². The number of likely N-dealkylation sites (tertiary alicyclic amines) is 1. The van der Waals surface area contributed by atoms with E-state index in [1.165, 1.54) is 12.4 Å². The van der Waals surface area contributed by atoms with Crippen molar-refractivity contribution in [2.75, 3.05) is 18.8 Å². The number of carbonyl (C=O) groups excluding carboxylic acids is 1. The van der Waals surface area contributed by atoms with E-state index < -0.39 is 16.4 Å². The van der Waals surface area contributed by atoms with Gasteiger partial charge in [0, 0.05) is 24.9 Å². The van der Waals surface area contributed by atoms with Crippen LogP contribution in [0.5, 0.6) is 0 Å². The summed E-state index contributed by atoms with van der Waals surface area (Å²) < 4.78 is 17.7. The second-order valence-electron chi connectivity index (χ2n) is 6.60. The summed E-state index contributed by atoms with van der Waals surface area (Å²) in [7, 11) is -1.20. The highest BCUT2D eigenvalue weighted by Crippen LogP contribution is 2.22. The molecule has 2 heterocycles. The lowest BCUT2D eigenvalue weighted by Crippen LogP contribution is -2.42. The molecule has 1 unspecified atom stereocenters. The molecule has 0 radical (unpaired) electrons. The Morgan fingerprint density at radius 2 is 2.04 bits per heavy atom. The van der Waals surface area contributed by atoms with Gasteiger partial charge >= 0.3 is 6.09 Å². The topological polar surface area (TPSA) is 72.4 Å². The van der Waals surface area contributed by atoms with Gasteiger partial charge in [-0.25, -0.2) is 14.8 Å². The predicted octanol–water partition coefficient (Wildman–Crippen LogP) is 2.88. The Kier molecular flexibility index (Phi) is 5.97. The fourth-order valence-corrected chi connectivity index (χ4v) is 3.90. The zero-order chi connectivity index (χ0) is 17.0. The minimum atomic E-state index is -1.20. The Balaban J connectivity index is 1.83. The second-order valence-corrected chi connectivity index (χ2v) is 8.43. The van der Waals surface area contributed by atoms with E-state index in [9.17, 15) is 9.00 Å². The van der Waals surface area contributed by atoms with Gasteiger partial charge in [0.2, 0.25) is 0 Å². The first-order valence-corrected chi connectivity index (χ1v) is 9.28. The van der Waals surface area contributed by atoms with E-state index in [1.54, 1.807) is 4.90 Å². The molecule has 1 aliphatic heterocycles. The lowest BCUT2D eigenvalue weighted by molar-refractivity contribution is 0.0191. The molecule has 8 heteroatoms. The number of ether oxygens (including phenoxy) is 1. The average molecular weight is 360 g/mol. The highest BCUT2D eigenvalue weighted by Gasteiger charge is 2.27. The number of amides is 1. The molecule has 1 saturated heterocycles. The Morgan fingerprint density at radius 1 is 1.39 bits per heavy atom. The van der Waals surface area contributed by atoms with Gasteiger partial charge in [-0.1, -0.05) is 11.6 Å². The predicted molar refractivity (Wildman–Crippen MR) is 88.8 cm³/mol. The number of rotatable bonds is 3. The Bertz CT molecular complexity index is 584. The normalized spacial score (nSPS) is 17.8. The van der Waals surface area contributed by atoms with E-state index in [0.29, 0.717) is 34.9 Å². The third-order valence-corrected chi connectivity index (χ3v) is 5.17. The van der Waals surface area contributed by atoms with Gasteiger partial charge in [0.05, 0.1) is 10.8 Å². The first kappa shape index (κ1) is 18.1. The highest BCUT2D eigenvalue weighted by atomic mass is 35.5. The van der Waals surface area contributed by atoms with Crippen LogP contribution in [0.4, 0.5) is 4.79 Å². The first-order valence-electron chi connectivity index (χ1n) is 7.58. The lowest BCUT2D eigenvalue weighted by Gasteiger charge is -2.33. The maximum absolute atomic E-state index is 12.3. The maximum atomic E-state index is 12.3. The quantitative estimate of drug-likeness (QED) is 0.776. The smallest absolute Gasteiger partial charge is 0.410 e. The van der Waals surface area contributed by atoms with Crippen molar-refractivity contribution in [3.8, 4) is 0 Å². The van der Waals surface area contributed by atoms with Crippen molar-refractivity contribution in [1.29, 1.82) is 0 Å². The van der Waals surface area contributed by atoms with E-state index in [2.05, 4.69) is 9.97 Å². The van der Waals surface area contributed by atoms with Crippen LogP contribution in [-0.4, -0.2) is 49.6 Å². The summed E-state index contributed by atoms with van der Waals surface area (Å²) in [6.07, 6.45) is 2.66. The van der Waals surface area contributed by atoms with Crippen molar-refractivity contribution >= 4 is 28.5 Å². The standard InChI is InChI=1S/C15H22ClN3O3S/c1-15(2,3)22-14(20)19-6-4-11(5-7-19)9-23(21)13-8-12(16)17-10-18-13/h8,10-11H,4-7,9H2,1-3H3. The van der Waals surface area contributed by atoms with Crippen molar-refractivity contribution in [2.24, 2.45) is 5.92 Å². The Morgan fingerprint density at radius 3 is 2.61 bits per heavy atom. The molecule has 2 rings (SSSR count). The summed E-state index contributed by atoms with van der Waals surface area (Å²) in [6.45, 7) is 6.82. The van der Waals surface area contributed by atoms with Crippen molar-refractivity contribution in [2.45, 2.75) is 44.2 Å². The van der Waals surface area contributed by atoms with Gasteiger partial charge in [0.1, 0.15) is 22.1 Å². The van der Waals surface area contributed by atoms with Crippen LogP contribution < -0.4 is 0 Å². The van der Waals surface area contributed by atoms with Gasteiger partial charge in [0.15, 0.2) is 0 Å². The summed E-state index contributed by atoms with van der Waals surface area (Å²) in [5.74, 6) is 0.818. The largest absolute Gasteiger partial charge is 0.444 e. The van der Waals surface area contributed by atoms with Crippen LogP contribution in [0.2, 0.25) is 5.15 Å². The molecule has 0 N–H and O–H groups in total. The second kappa shape index (κ2) is 7.57. The Hall–Kier alpha value is -1.21. The van der Waals surface area contributed by atoms with Gasteiger partial charge < -0.3 is 9.64 Å². The molecule has 1 atom stereocenters. The van der Waals surface area contributed by atoms with Gasteiger partial charge in [-0.05, 0) is 39.5 Å². The molecule has 128 valence electrons. The molecule has 0 saturated carbocycles. The van der Waals surface area contributed by atoms with Crippen molar-refractivity contribution in [3.63, 3.8) is 0 Å². The number of carbonyl (C=O) groups is 1.